The highest BCUT2D eigenvalue weighted by Gasteiger charge is 2.70. The van der Waals surface area contributed by atoms with Crippen LogP contribution in [0, 0.1) is 28.6 Å². The van der Waals surface area contributed by atoms with Crippen LogP contribution in [-0.4, -0.2) is 77.7 Å². The zero-order chi connectivity index (χ0) is 35.4. The lowest BCUT2D eigenvalue weighted by atomic mass is 9.85. The number of nitrogens with one attached hydrogen (secondary N) is 4. The minimum atomic E-state index is -1.05. The van der Waals surface area contributed by atoms with Gasteiger partial charge in [0.1, 0.15) is 24.7 Å². The number of amides is 5. The fourth-order valence-corrected chi connectivity index (χ4v) is 6.78. The summed E-state index contributed by atoms with van der Waals surface area (Å²) < 4.78 is 5.52. The fraction of sp³-hybridized carbons (Fsp3) is 0.611. The largest absolute Gasteiger partial charge is 0.459 e. The first-order chi connectivity index (χ1) is 22.6. The van der Waals surface area contributed by atoms with E-state index in [4.69, 9.17) is 4.74 Å². The first-order valence-corrected chi connectivity index (χ1v) is 16.9. The third-order valence-corrected chi connectivity index (χ3v) is 9.85. The minimum absolute atomic E-state index is 0.0542. The highest BCUT2D eigenvalue weighted by Crippen LogP contribution is 2.65. The van der Waals surface area contributed by atoms with Gasteiger partial charge in [0.15, 0.2) is 0 Å². The summed E-state index contributed by atoms with van der Waals surface area (Å²) in [5.41, 5.74) is -0.135. The van der Waals surface area contributed by atoms with Crippen LogP contribution < -0.4 is 21.3 Å². The van der Waals surface area contributed by atoms with E-state index in [0.29, 0.717) is 13.0 Å². The Morgan fingerprint density at radius 1 is 1.04 bits per heavy atom. The molecule has 4 rings (SSSR count). The number of carbonyl (C=O) groups is 6. The number of urea groups is 1. The van der Waals surface area contributed by atoms with Crippen molar-refractivity contribution in [3.63, 3.8) is 0 Å². The number of hydrogen-bond donors (Lipinski definition) is 4. The number of likely N-dealkylation sites (tertiary alicyclic amines) is 1. The quantitative estimate of drug-likeness (QED) is 0.127. The molecule has 1 aromatic rings. The number of fused-ring (bicyclic) bond motifs is 1. The predicted molar refractivity (Wildman–Crippen MR) is 179 cm³/mol. The average molecular weight is 666 g/mol. The summed E-state index contributed by atoms with van der Waals surface area (Å²) in [5.74, 6) is -3.19. The second kappa shape index (κ2) is 14.9. The van der Waals surface area contributed by atoms with Crippen molar-refractivity contribution in [1.29, 1.82) is 0 Å². The molecule has 12 heteroatoms. The summed E-state index contributed by atoms with van der Waals surface area (Å²) in [6.07, 6.45) is 3.80. The Balaban J connectivity index is 1.47. The summed E-state index contributed by atoms with van der Waals surface area (Å²) in [5, 5.41) is 10.8. The molecule has 2 aliphatic carbocycles. The van der Waals surface area contributed by atoms with E-state index in [0.717, 1.165) is 18.4 Å². The molecule has 2 saturated carbocycles. The third-order valence-electron chi connectivity index (χ3n) is 9.85. The standard InChI is InChI=1S/C36H51N5O7/c1-8-13-24(28(42)31(44)37-18-9-2)38-30(43)27-25-23(36(25,6)7)19-41(27)32(45)29(35(3,4)5)40-34(47)39-26(22-16-17-22)33(46)48-20-21-14-11-10-12-15-21/h9-12,14-15,22-27,29H,2,8,13,16-20H2,1,3-7H3,(H,37,44)(H,38,43)(H2,39,40,47)/t23-,24?,25-,26-,27-,29+/m0/s1. The van der Waals surface area contributed by atoms with Crippen molar-refractivity contribution in [3.05, 3.63) is 48.6 Å². The lowest BCUT2D eigenvalue weighted by Gasteiger charge is -2.38. The minimum Gasteiger partial charge on any atom is -0.459 e. The number of piperidine rings is 1. The van der Waals surface area contributed by atoms with Crippen LogP contribution in [0.25, 0.3) is 0 Å². The Morgan fingerprint density at radius 3 is 2.29 bits per heavy atom. The van der Waals surface area contributed by atoms with Gasteiger partial charge in [0.2, 0.25) is 17.6 Å². The molecule has 1 heterocycles. The SMILES string of the molecule is C=CCNC(=O)C(=O)C(CCC)NC(=O)[C@@H]1[C@@H]2[C@H](CN1C(=O)[C@@H](NC(=O)N[C@H](C(=O)OCc1ccccc1)C1CC1)C(C)(C)C)C2(C)C. The molecule has 48 heavy (non-hydrogen) atoms. The van der Waals surface area contributed by atoms with Gasteiger partial charge in [0, 0.05) is 13.1 Å². The normalized spacial score (nSPS) is 22.6. The van der Waals surface area contributed by atoms with Crippen molar-refractivity contribution in [2.24, 2.45) is 28.6 Å². The molecule has 1 saturated heterocycles. The van der Waals surface area contributed by atoms with E-state index in [1.165, 1.54) is 11.0 Å². The van der Waals surface area contributed by atoms with E-state index in [1.54, 1.807) is 0 Å². The topological polar surface area (TPSA) is 163 Å². The zero-order valence-electron chi connectivity index (χ0n) is 29.0. The maximum Gasteiger partial charge on any atom is 0.329 e. The monoisotopic (exact) mass is 665 g/mol. The van der Waals surface area contributed by atoms with E-state index >= 15 is 0 Å². The van der Waals surface area contributed by atoms with Crippen LogP contribution >= 0.6 is 0 Å². The number of nitrogens with zero attached hydrogens (tertiary/aromatic N) is 1. The molecule has 1 aliphatic heterocycles. The summed E-state index contributed by atoms with van der Waals surface area (Å²) in [6, 6.07) is 4.75. The van der Waals surface area contributed by atoms with E-state index in [-0.39, 0.29) is 42.7 Å². The second-order valence-electron chi connectivity index (χ2n) is 14.9. The van der Waals surface area contributed by atoms with Crippen LogP contribution in [0.5, 0.6) is 0 Å². The van der Waals surface area contributed by atoms with Gasteiger partial charge in [-0.1, -0.05) is 84.4 Å². The summed E-state index contributed by atoms with van der Waals surface area (Å²) in [6.45, 7) is 15.4. The molecule has 0 radical (unpaired) electrons. The second-order valence-corrected chi connectivity index (χ2v) is 14.9. The molecular weight excluding hydrogens is 614 g/mol. The molecule has 3 aliphatic rings. The van der Waals surface area contributed by atoms with Crippen LogP contribution in [0.4, 0.5) is 4.79 Å². The van der Waals surface area contributed by atoms with Crippen molar-refractivity contribution in [2.45, 2.75) is 98.0 Å². The van der Waals surface area contributed by atoms with E-state index < -0.39 is 65.1 Å². The number of hydrogen-bond acceptors (Lipinski definition) is 7. The Kier molecular flexibility index (Phi) is 11.4. The van der Waals surface area contributed by atoms with Crippen LogP contribution in [0.1, 0.15) is 72.8 Å². The molecule has 3 fully saturated rings. The van der Waals surface area contributed by atoms with Gasteiger partial charge in [-0.15, -0.1) is 6.58 Å². The molecule has 1 aromatic carbocycles. The molecule has 262 valence electrons. The number of benzene rings is 1. The zero-order valence-corrected chi connectivity index (χ0v) is 29.0. The molecule has 6 atom stereocenters. The Bertz CT molecular complexity index is 1400. The number of esters is 1. The van der Waals surface area contributed by atoms with Crippen LogP contribution in [0.3, 0.4) is 0 Å². The van der Waals surface area contributed by atoms with Crippen LogP contribution in [0.2, 0.25) is 0 Å². The Hall–Kier alpha value is -4.22. The van der Waals surface area contributed by atoms with Crippen molar-refractivity contribution in [3.8, 4) is 0 Å². The van der Waals surface area contributed by atoms with Gasteiger partial charge in [0.25, 0.3) is 5.91 Å². The van der Waals surface area contributed by atoms with Gasteiger partial charge in [-0.05, 0) is 53.4 Å². The lowest BCUT2D eigenvalue weighted by Crippen LogP contribution is -2.62. The molecule has 0 bridgehead atoms. The smallest absolute Gasteiger partial charge is 0.329 e. The first kappa shape index (κ1) is 36.6. The fourth-order valence-electron chi connectivity index (χ4n) is 6.78. The predicted octanol–water partition coefficient (Wildman–Crippen LogP) is 2.86. The maximum absolute atomic E-state index is 14.3. The highest BCUT2D eigenvalue weighted by molar-refractivity contribution is 6.38. The summed E-state index contributed by atoms with van der Waals surface area (Å²) in [7, 11) is 0. The van der Waals surface area contributed by atoms with E-state index in [1.807, 2.05) is 71.9 Å². The number of ether oxygens (including phenoxy) is 1. The van der Waals surface area contributed by atoms with Gasteiger partial charge in [0.05, 0.1) is 6.04 Å². The number of ketones is 1. The van der Waals surface area contributed by atoms with Crippen molar-refractivity contribution in [1.82, 2.24) is 26.2 Å². The van der Waals surface area contributed by atoms with Crippen molar-refractivity contribution < 1.29 is 33.5 Å². The van der Waals surface area contributed by atoms with E-state index in [9.17, 15) is 28.8 Å². The van der Waals surface area contributed by atoms with Gasteiger partial charge in [-0.25, -0.2) is 9.59 Å². The highest BCUT2D eigenvalue weighted by atomic mass is 16.5. The van der Waals surface area contributed by atoms with Gasteiger partial charge in [-0.3, -0.25) is 19.2 Å². The van der Waals surface area contributed by atoms with Crippen molar-refractivity contribution in [2.75, 3.05) is 13.1 Å². The summed E-state index contributed by atoms with van der Waals surface area (Å²) in [4.78, 5) is 81.5. The van der Waals surface area contributed by atoms with E-state index in [2.05, 4.69) is 27.8 Å². The molecular formula is C36H51N5O7. The molecule has 5 amide bonds. The molecule has 0 aromatic heterocycles. The molecule has 1 unspecified atom stereocenters. The van der Waals surface area contributed by atoms with Crippen LogP contribution in [0.15, 0.2) is 43.0 Å². The molecule has 12 nitrogen and oxygen atoms in total. The lowest BCUT2D eigenvalue weighted by molar-refractivity contribution is -0.147. The summed E-state index contributed by atoms with van der Waals surface area (Å²) >= 11 is 0. The van der Waals surface area contributed by atoms with Gasteiger partial charge >= 0.3 is 12.0 Å². The first-order valence-electron chi connectivity index (χ1n) is 16.9. The molecule has 4 N–H and O–H groups in total. The Labute approximate surface area is 283 Å². The third kappa shape index (κ3) is 8.43. The van der Waals surface area contributed by atoms with Gasteiger partial charge in [-0.2, -0.15) is 0 Å². The number of Topliss-reactive ketones (excluding diaryl/α,β-unsaturated/α-hetero) is 1. The molecule has 0 spiro atoms. The van der Waals surface area contributed by atoms with Crippen LogP contribution in [-0.2, 0) is 35.3 Å². The average Bonchev–Trinajstić information content (AvgIpc) is 3.91. The number of rotatable bonds is 15. The van der Waals surface area contributed by atoms with Crippen molar-refractivity contribution >= 4 is 35.5 Å². The van der Waals surface area contributed by atoms with Gasteiger partial charge < -0.3 is 30.9 Å². The maximum atomic E-state index is 14.3. The number of carbonyl (C=O) groups excluding carboxylic acids is 6. The Morgan fingerprint density at radius 2 is 1.71 bits per heavy atom.